The van der Waals surface area contributed by atoms with Crippen LogP contribution in [0.15, 0.2) is 60.7 Å². The van der Waals surface area contributed by atoms with Gasteiger partial charge >= 0.3 is 11.9 Å². The summed E-state index contributed by atoms with van der Waals surface area (Å²) in [4.78, 5) is 27.1. The minimum absolute atomic E-state index is 0.209. The number of hydrogen-bond acceptors (Lipinski definition) is 7. The Balaban J connectivity index is 1.50. The van der Waals surface area contributed by atoms with Gasteiger partial charge in [-0.1, -0.05) is 24.3 Å². The summed E-state index contributed by atoms with van der Waals surface area (Å²) in [5, 5.41) is 0. The van der Waals surface area contributed by atoms with Gasteiger partial charge in [0.2, 0.25) is 0 Å². The molecule has 0 aliphatic carbocycles. The van der Waals surface area contributed by atoms with E-state index >= 15 is 0 Å². The zero-order chi connectivity index (χ0) is 27.8. The Morgan fingerprint density at radius 1 is 0.789 bits per heavy atom. The standard InChI is InChI=1S/C31H39NO6/c1-30(2)21-27(38-29(34)18-12-24-9-15-26(36-6)16-10-24)22-31(3,4)32(30)19-20-37-28(33)17-11-23-7-13-25(35-5)14-8-23/h7-18,27H,19-22H2,1-6H3/b17-11+,18-12+. The number of ether oxygens (including phenoxy) is 4. The summed E-state index contributed by atoms with van der Waals surface area (Å²) in [6.07, 6.45) is 7.52. The van der Waals surface area contributed by atoms with Gasteiger partial charge in [0.25, 0.3) is 0 Å². The first-order chi connectivity index (χ1) is 18.0. The van der Waals surface area contributed by atoms with Crippen LogP contribution in [0.2, 0.25) is 0 Å². The summed E-state index contributed by atoms with van der Waals surface area (Å²) < 4.78 is 21.6. The van der Waals surface area contributed by atoms with Crippen LogP contribution in [0.4, 0.5) is 0 Å². The Hall–Kier alpha value is -3.58. The third kappa shape index (κ3) is 8.21. The van der Waals surface area contributed by atoms with Crippen molar-refractivity contribution in [3.63, 3.8) is 0 Å². The number of likely N-dealkylation sites (tertiary alicyclic amines) is 1. The fraction of sp³-hybridized carbons (Fsp3) is 0.419. The number of esters is 2. The normalized spacial score (nSPS) is 17.4. The van der Waals surface area contributed by atoms with Gasteiger partial charge in [-0.2, -0.15) is 0 Å². The van der Waals surface area contributed by atoms with Crippen molar-refractivity contribution in [2.24, 2.45) is 0 Å². The van der Waals surface area contributed by atoms with Crippen molar-refractivity contribution in [2.45, 2.75) is 57.7 Å². The largest absolute Gasteiger partial charge is 0.497 e. The minimum Gasteiger partial charge on any atom is -0.497 e. The second-order valence-corrected chi connectivity index (χ2v) is 10.6. The van der Waals surface area contributed by atoms with Gasteiger partial charge in [-0.15, -0.1) is 0 Å². The molecule has 1 saturated heterocycles. The number of piperidine rings is 1. The van der Waals surface area contributed by atoms with E-state index in [0.29, 0.717) is 19.4 Å². The average molecular weight is 522 g/mol. The summed E-state index contributed by atoms with van der Waals surface area (Å²) in [6.45, 7) is 9.38. The maximum absolute atomic E-state index is 12.5. The van der Waals surface area contributed by atoms with Gasteiger partial charge in [0.15, 0.2) is 0 Å². The fourth-order valence-corrected chi connectivity index (χ4v) is 5.16. The van der Waals surface area contributed by atoms with Crippen LogP contribution in [-0.4, -0.2) is 61.4 Å². The molecule has 7 nitrogen and oxygen atoms in total. The molecule has 2 aromatic carbocycles. The molecule has 1 aliphatic rings. The third-order valence-electron chi connectivity index (χ3n) is 6.81. The zero-order valence-corrected chi connectivity index (χ0v) is 23.2. The van der Waals surface area contributed by atoms with Crippen molar-refractivity contribution in [3.8, 4) is 11.5 Å². The molecule has 1 aliphatic heterocycles. The van der Waals surface area contributed by atoms with E-state index in [1.165, 1.54) is 12.2 Å². The first-order valence-electron chi connectivity index (χ1n) is 12.8. The van der Waals surface area contributed by atoms with E-state index in [4.69, 9.17) is 18.9 Å². The molecule has 0 bridgehead atoms. The van der Waals surface area contributed by atoms with Crippen molar-refractivity contribution < 1.29 is 28.5 Å². The summed E-state index contributed by atoms with van der Waals surface area (Å²) in [5.74, 6) is 0.784. The van der Waals surface area contributed by atoms with Crippen LogP contribution < -0.4 is 9.47 Å². The summed E-state index contributed by atoms with van der Waals surface area (Å²) in [6, 6.07) is 14.9. The highest BCUT2D eigenvalue weighted by atomic mass is 16.5. The highest BCUT2D eigenvalue weighted by Gasteiger charge is 2.46. The molecule has 0 atom stereocenters. The van der Waals surface area contributed by atoms with Gasteiger partial charge < -0.3 is 18.9 Å². The van der Waals surface area contributed by atoms with Crippen LogP contribution in [0, 0.1) is 0 Å². The lowest BCUT2D eigenvalue weighted by Crippen LogP contribution is -2.63. The molecule has 0 N–H and O–H groups in total. The molecule has 3 rings (SSSR count). The quantitative estimate of drug-likeness (QED) is 0.300. The molecule has 1 heterocycles. The molecule has 204 valence electrons. The second kappa shape index (κ2) is 12.8. The van der Waals surface area contributed by atoms with Crippen LogP contribution in [0.1, 0.15) is 51.7 Å². The summed E-state index contributed by atoms with van der Waals surface area (Å²) in [5.41, 5.74) is 1.28. The highest BCUT2D eigenvalue weighted by Crippen LogP contribution is 2.39. The van der Waals surface area contributed by atoms with Crippen molar-refractivity contribution in [1.82, 2.24) is 4.90 Å². The van der Waals surface area contributed by atoms with Crippen LogP contribution in [0.3, 0.4) is 0 Å². The monoisotopic (exact) mass is 521 g/mol. The van der Waals surface area contributed by atoms with Crippen LogP contribution in [-0.2, 0) is 19.1 Å². The number of hydrogen-bond donors (Lipinski definition) is 0. The summed E-state index contributed by atoms with van der Waals surface area (Å²) in [7, 11) is 3.23. The van der Waals surface area contributed by atoms with E-state index in [-0.39, 0.29) is 35.7 Å². The lowest BCUT2D eigenvalue weighted by molar-refractivity contribution is -0.157. The number of benzene rings is 2. The number of carbonyl (C=O) groups excluding carboxylic acids is 2. The maximum Gasteiger partial charge on any atom is 0.331 e. The lowest BCUT2D eigenvalue weighted by atomic mass is 9.78. The second-order valence-electron chi connectivity index (χ2n) is 10.6. The highest BCUT2D eigenvalue weighted by molar-refractivity contribution is 5.87. The van der Waals surface area contributed by atoms with E-state index in [1.54, 1.807) is 26.4 Å². The van der Waals surface area contributed by atoms with E-state index < -0.39 is 0 Å². The van der Waals surface area contributed by atoms with E-state index in [1.807, 2.05) is 48.5 Å². The van der Waals surface area contributed by atoms with Crippen LogP contribution in [0.25, 0.3) is 12.2 Å². The minimum atomic E-state index is -0.385. The van der Waals surface area contributed by atoms with E-state index in [2.05, 4.69) is 32.6 Å². The zero-order valence-electron chi connectivity index (χ0n) is 23.2. The molecule has 7 heteroatoms. The number of carbonyl (C=O) groups is 2. The Labute approximate surface area is 226 Å². The first kappa shape index (κ1) is 29.0. The summed E-state index contributed by atoms with van der Waals surface area (Å²) >= 11 is 0. The number of rotatable bonds is 10. The van der Waals surface area contributed by atoms with Crippen molar-refractivity contribution in [2.75, 3.05) is 27.4 Å². The average Bonchev–Trinajstić information content (AvgIpc) is 2.87. The Bertz CT molecular complexity index is 1110. The smallest absolute Gasteiger partial charge is 0.331 e. The first-order valence-corrected chi connectivity index (χ1v) is 12.8. The lowest BCUT2D eigenvalue weighted by Gasteiger charge is -2.54. The van der Waals surface area contributed by atoms with Gasteiger partial charge in [-0.25, -0.2) is 9.59 Å². The van der Waals surface area contributed by atoms with Gasteiger partial charge in [0, 0.05) is 42.6 Å². The van der Waals surface area contributed by atoms with Crippen molar-refractivity contribution >= 4 is 24.1 Å². The van der Waals surface area contributed by atoms with E-state index in [9.17, 15) is 9.59 Å². The molecule has 0 unspecified atom stereocenters. The van der Waals surface area contributed by atoms with Crippen LogP contribution >= 0.6 is 0 Å². The third-order valence-corrected chi connectivity index (χ3v) is 6.81. The maximum atomic E-state index is 12.5. The Kier molecular flexibility index (Phi) is 9.75. The topological polar surface area (TPSA) is 74.3 Å². The molecule has 0 amide bonds. The molecular formula is C31H39NO6. The van der Waals surface area contributed by atoms with Gasteiger partial charge in [0.1, 0.15) is 24.2 Å². The molecule has 1 fully saturated rings. The number of methoxy groups -OCH3 is 2. The van der Waals surface area contributed by atoms with Crippen LogP contribution in [0.5, 0.6) is 11.5 Å². The van der Waals surface area contributed by atoms with Gasteiger partial charge in [-0.05, 0) is 75.2 Å². The molecule has 0 saturated carbocycles. The molecule has 0 aromatic heterocycles. The Morgan fingerprint density at radius 3 is 1.68 bits per heavy atom. The van der Waals surface area contributed by atoms with Crippen molar-refractivity contribution in [3.05, 3.63) is 71.8 Å². The van der Waals surface area contributed by atoms with Gasteiger partial charge in [-0.3, -0.25) is 4.90 Å². The molecule has 0 spiro atoms. The molecule has 38 heavy (non-hydrogen) atoms. The van der Waals surface area contributed by atoms with Crippen molar-refractivity contribution in [1.29, 1.82) is 0 Å². The van der Waals surface area contributed by atoms with E-state index in [0.717, 1.165) is 22.6 Å². The van der Waals surface area contributed by atoms with Gasteiger partial charge in [0.05, 0.1) is 14.2 Å². The molecule has 0 radical (unpaired) electrons. The predicted molar refractivity (Wildman–Crippen MR) is 149 cm³/mol. The SMILES string of the molecule is COc1ccc(/C=C/C(=O)OCCN2C(C)(C)CC(OC(=O)/C=C/c3ccc(OC)cc3)CC2(C)C)cc1. The predicted octanol–water partition coefficient (Wildman–Crippen LogP) is 5.54. The molecular weight excluding hydrogens is 482 g/mol. The molecule has 2 aromatic rings. The Morgan fingerprint density at radius 2 is 1.24 bits per heavy atom. The fourth-order valence-electron chi connectivity index (χ4n) is 5.16. The number of nitrogens with zero attached hydrogens (tertiary/aromatic N) is 1.